The minimum absolute atomic E-state index is 0.410. The van der Waals surface area contributed by atoms with Crippen molar-refractivity contribution in [3.8, 4) is 0 Å². The molecule has 2 heterocycles. The van der Waals surface area contributed by atoms with Crippen LogP contribution in [0.25, 0.3) is 10.9 Å². The third-order valence-electron chi connectivity index (χ3n) is 1.61. The van der Waals surface area contributed by atoms with Crippen LogP contribution in [0.1, 0.15) is 0 Å². The first-order chi connectivity index (χ1) is 5.77. The molecular weight excluding hydrogens is 152 g/mol. The molecule has 2 aromatic heterocycles. The van der Waals surface area contributed by atoms with Gasteiger partial charge in [0.1, 0.15) is 5.82 Å². The number of hydrogen-bond donors (Lipinski definition) is 2. The molecular formula is C8H7N4. The van der Waals surface area contributed by atoms with E-state index >= 15 is 0 Å². The monoisotopic (exact) mass is 159 g/mol. The second-order valence-corrected chi connectivity index (χ2v) is 2.47. The van der Waals surface area contributed by atoms with Crippen molar-refractivity contribution in [1.82, 2.24) is 9.97 Å². The van der Waals surface area contributed by atoms with E-state index in [-0.39, 0.29) is 0 Å². The van der Waals surface area contributed by atoms with E-state index in [2.05, 4.69) is 16.2 Å². The molecule has 0 bridgehead atoms. The summed E-state index contributed by atoms with van der Waals surface area (Å²) in [7, 11) is 0. The van der Waals surface area contributed by atoms with Gasteiger partial charge in [0.2, 0.25) is 0 Å². The molecule has 0 aromatic carbocycles. The fourth-order valence-electron chi connectivity index (χ4n) is 1.07. The van der Waals surface area contributed by atoms with Gasteiger partial charge in [-0.2, -0.15) is 0 Å². The Balaban J connectivity index is 2.89. The lowest BCUT2D eigenvalue weighted by Crippen LogP contribution is -1.95. The Morgan fingerprint density at radius 1 is 1.33 bits per heavy atom. The van der Waals surface area contributed by atoms with Crippen LogP contribution in [0.4, 0.5) is 11.5 Å². The zero-order valence-corrected chi connectivity index (χ0v) is 6.28. The predicted octanol–water partition coefficient (Wildman–Crippen LogP) is 0.594. The number of nitrogens with two attached hydrogens (primary N) is 2. The van der Waals surface area contributed by atoms with Gasteiger partial charge in [0.05, 0.1) is 17.9 Å². The maximum absolute atomic E-state index is 5.69. The largest absolute Gasteiger partial charge is 0.398 e. The molecule has 12 heavy (non-hydrogen) atoms. The van der Waals surface area contributed by atoms with Crippen molar-refractivity contribution in [2.24, 2.45) is 0 Å². The number of fused-ring (bicyclic) bond motifs is 1. The fraction of sp³-hybridized carbons (Fsp3) is 0. The predicted molar refractivity (Wildman–Crippen MR) is 47.2 cm³/mol. The van der Waals surface area contributed by atoms with Crippen LogP contribution >= 0.6 is 0 Å². The van der Waals surface area contributed by atoms with Crippen molar-refractivity contribution in [2.75, 3.05) is 11.5 Å². The first-order valence-electron chi connectivity index (χ1n) is 3.45. The second-order valence-electron chi connectivity index (χ2n) is 2.47. The van der Waals surface area contributed by atoms with E-state index in [1.807, 2.05) is 0 Å². The molecule has 0 unspecified atom stereocenters. The Morgan fingerprint density at radius 3 is 3.00 bits per heavy atom. The van der Waals surface area contributed by atoms with Crippen molar-refractivity contribution in [2.45, 2.75) is 0 Å². The molecule has 2 rings (SSSR count). The van der Waals surface area contributed by atoms with Crippen molar-refractivity contribution < 1.29 is 0 Å². The molecule has 4 nitrogen and oxygen atoms in total. The summed E-state index contributed by atoms with van der Waals surface area (Å²) in [5.41, 5.74) is 12.5. The molecule has 59 valence electrons. The van der Waals surface area contributed by atoms with Crippen LogP contribution in [-0.4, -0.2) is 9.97 Å². The Bertz CT molecular complexity index is 424. The van der Waals surface area contributed by atoms with Gasteiger partial charge in [0.25, 0.3) is 0 Å². The van der Waals surface area contributed by atoms with E-state index in [1.54, 1.807) is 18.3 Å². The standard InChI is InChI=1S/C8H7N4/c9-6-3-8(10)12-7-4-11-2-1-5(6)7/h1,3-4H,(H4,9,10,12). The zero-order chi connectivity index (χ0) is 8.55. The van der Waals surface area contributed by atoms with Crippen LogP contribution < -0.4 is 11.5 Å². The summed E-state index contributed by atoms with van der Waals surface area (Å²) >= 11 is 0. The van der Waals surface area contributed by atoms with E-state index in [1.165, 1.54) is 0 Å². The highest BCUT2D eigenvalue weighted by molar-refractivity contribution is 5.90. The average molecular weight is 159 g/mol. The van der Waals surface area contributed by atoms with E-state index in [0.717, 1.165) is 5.39 Å². The van der Waals surface area contributed by atoms with E-state index < -0.39 is 0 Å². The third kappa shape index (κ3) is 0.934. The van der Waals surface area contributed by atoms with Gasteiger partial charge in [-0.25, -0.2) is 4.98 Å². The van der Waals surface area contributed by atoms with Crippen molar-refractivity contribution >= 4 is 22.4 Å². The average Bonchev–Trinajstić information content (AvgIpc) is 2.04. The highest BCUT2D eigenvalue weighted by Gasteiger charge is 1.99. The summed E-state index contributed by atoms with van der Waals surface area (Å²) in [4.78, 5) is 7.85. The number of nitrogen functional groups attached to an aromatic ring is 2. The topological polar surface area (TPSA) is 77.8 Å². The number of nitrogens with zero attached hydrogens (tertiary/aromatic N) is 2. The Morgan fingerprint density at radius 2 is 2.17 bits per heavy atom. The normalized spacial score (nSPS) is 10.3. The fourth-order valence-corrected chi connectivity index (χ4v) is 1.07. The van der Waals surface area contributed by atoms with Gasteiger partial charge in [-0.05, 0) is 6.07 Å². The first kappa shape index (κ1) is 6.84. The lowest BCUT2D eigenvalue weighted by molar-refractivity contribution is 1.30. The quantitative estimate of drug-likeness (QED) is 0.589. The number of aromatic nitrogens is 2. The van der Waals surface area contributed by atoms with E-state index in [9.17, 15) is 0 Å². The SMILES string of the molecule is Nc1cc(N)c2c[c]ncc2n1. The lowest BCUT2D eigenvalue weighted by Gasteiger charge is -2.00. The van der Waals surface area contributed by atoms with Crippen molar-refractivity contribution in [3.05, 3.63) is 24.5 Å². The number of hydrogen-bond acceptors (Lipinski definition) is 4. The highest BCUT2D eigenvalue weighted by Crippen LogP contribution is 2.19. The third-order valence-corrected chi connectivity index (χ3v) is 1.61. The molecule has 0 spiro atoms. The molecule has 0 fully saturated rings. The van der Waals surface area contributed by atoms with Crippen LogP contribution in [0.3, 0.4) is 0 Å². The maximum atomic E-state index is 5.69. The van der Waals surface area contributed by atoms with Gasteiger partial charge in [-0.3, -0.25) is 4.98 Å². The van der Waals surface area contributed by atoms with Gasteiger partial charge in [0, 0.05) is 17.1 Å². The summed E-state index contributed by atoms with van der Waals surface area (Å²) in [5.74, 6) is 0.410. The van der Waals surface area contributed by atoms with Crippen LogP contribution in [-0.2, 0) is 0 Å². The summed E-state index contributed by atoms with van der Waals surface area (Å²) in [5, 5.41) is 0.833. The molecule has 0 aliphatic rings. The van der Waals surface area contributed by atoms with Gasteiger partial charge >= 0.3 is 0 Å². The van der Waals surface area contributed by atoms with Crippen LogP contribution in [0.15, 0.2) is 18.3 Å². The molecule has 0 atom stereocenters. The van der Waals surface area contributed by atoms with Crippen LogP contribution in [0.5, 0.6) is 0 Å². The summed E-state index contributed by atoms with van der Waals surface area (Å²) in [6.07, 6.45) is 4.27. The van der Waals surface area contributed by atoms with E-state index in [0.29, 0.717) is 17.0 Å². The first-order valence-corrected chi connectivity index (χ1v) is 3.45. The molecule has 0 aliphatic heterocycles. The summed E-state index contributed by atoms with van der Waals surface area (Å²) < 4.78 is 0. The summed E-state index contributed by atoms with van der Waals surface area (Å²) in [6.45, 7) is 0. The molecule has 4 heteroatoms. The summed E-state index contributed by atoms with van der Waals surface area (Å²) in [6, 6.07) is 3.31. The van der Waals surface area contributed by atoms with Gasteiger partial charge in [-0.1, -0.05) is 0 Å². The number of pyridine rings is 2. The number of anilines is 2. The van der Waals surface area contributed by atoms with E-state index in [4.69, 9.17) is 11.5 Å². The maximum Gasteiger partial charge on any atom is 0.126 e. The van der Waals surface area contributed by atoms with Crippen molar-refractivity contribution in [3.63, 3.8) is 0 Å². The van der Waals surface area contributed by atoms with Gasteiger partial charge in [-0.15, -0.1) is 0 Å². The Labute approximate surface area is 69.2 Å². The molecule has 0 amide bonds. The minimum Gasteiger partial charge on any atom is -0.398 e. The molecule has 0 aliphatic carbocycles. The molecule has 4 N–H and O–H groups in total. The smallest absolute Gasteiger partial charge is 0.126 e. The molecule has 2 aromatic rings. The lowest BCUT2D eigenvalue weighted by atomic mass is 10.2. The Kier molecular flexibility index (Phi) is 1.33. The highest BCUT2D eigenvalue weighted by atomic mass is 14.9. The second kappa shape index (κ2) is 2.34. The molecule has 0 saturated carbocycles. The number of rotatable bonds is 0. The Hall–Kier alpha value is -1.84. The molecule has 0 saturated heterocycles. The van der Waals surface area contributed by atoms with Gasteiger partial charge < -0.3 is 11.5 Å². The van der Waals surface area contributed by atoms with Crippen LogP contribution in [0, 0.1) is 6.20 Å². The zero-order valence-electron chi connectivity index (χ0n) is 6.28. The van der Waals surface area contributed by atoms with Crippen molar-refractivity contribution in [1.29, 1.82) is 0 Å². The van der Waals surface area contributed by atoms with Crippen LogP contribution in [0.2, 0.25) is 0 Å². The minimum atomic E-state index is 0.410. The van der Waals surface area contributed by atoms with Gasteiger partial charge in [0.15, 0.2) is 0 Å². The molecule has 1 radical (unpaired) electrons.